The van der Waals surface area contributed by atoms with Gasteiger partial charge in [0.05, 0.1) is 10.4 Å². The Hall–Kier alpha value is -3.55. The van der Waals surface area contributed by atoms with E-state index in [9.17, 15) is 8.42 Å². The normalized spacial score (nSPS) is 15.7. The fourth-order valence-electron chi connectivity index (χ4n) is 5.24. The molecule has 190 valence electrons. The van der Waals surface area contributed by atoms with Gasteiger partial charge in [-0.25, -0.2) is 12.4 Å². The Balaban J connectivity index is 1.17. The number of aromatic nitrogens is 1. The molecule has 2 aliphatic heterocycles. The number of nitrogens with zero attached hydrogens (tertiary/aromatic N) is 2. The SMILES string of the molecule is O=S(=O)(c1ccccc1)n1cc(CCCCN2CC=C(c3ccccc3)CC2)c2cc3c(cc21)OCO3. The van der Waals surface area contributed by atoms with E-state index >= 15 is 0 Å². The molecule has 3 heterocycles. The Bertz CT molecular complexity index is 1540. The highest BCUT2D eigenvalue weighted by molar-refractivity contribution is 7.90. The molecular weight excluding hydrogens is 484 g/mol. The number of fused-ring (bicyclic) bond motifs is 2. The summed E-state index contributed by atoms with van der Waals surface area (Å²) in [5.74, 6) is 1.24. The third kappa shape index (κ3) is 4.77. The van der Waals surface area contributed by atoms with Gasteiger partial charge in [0.25, 0.3) is 10.0 Å². The molecule has 0 N–H and O–H groups in total. The van der Waals surface area contributed by atoms with E-state index in [1.807, 2.05) is 12.1 Å². The highest BCUT2D eigenvalue weighted by Crippen LogP contribution is 2.39. The lowest BCUT2D eigenvalue weighted by Gasteiger charge is -2.26. The lowest BCUT2D eigenvalue weighted by Crippen LogP contribution is -2.29. The van der Waals surface area contributed by atoms with Crippen molar-refractivity contribution in [1.82, 2.24) is 8.87 Å². The summed E-state index contributed by atoms with van der Waals surface area (Å²) in [6.07, 6.45) is 8.03. The van der Waals surface area contributed by atoms with Gasteiger partial charge in [0, 0.05) is 30.7 Å². The van der Waals surface area contributed by atoms with Crippen LogP contribution in [-0.4, -0.2) is 43.7 Å². The van der Waals surface area contributed by atoms with Gasteiger partial charge in [-0.1, -0.05) is 54.6 Å². The van der Waals surface area contributed by atoms with Gasteiger partial charge in [-0.2, -0.15) is 0 Å². The molecule has 0 aliphatic carbocycles. The van der Waals surface area contributed by atoms with E-state index in [0.29, 0.717) is 17.0 Å². The molecule has 37 heavy (non-hydrogen) atoms. The number of aryl methyl sites for hydroxylation is 1. The molecule has 1 aromatic heterocycles. The van der Waals surface area contributed by atoms with Gasteiger partial charge in [0.1, 0.15) is 0 Å². The average Bonchev–Trinajstić information content (AvgIpc) is 3.55. The van der Waals surface area contributed by atoms with E-state index in [-0.39, 0.29) is 11.7 Å². The Labute approximate surface area is 217 Å². The van der Waals surface area contributed by atoms with Crippen LogP contribution in [-0.2, 0) is 16.4 Å². The molecule has 0 saturated heterocycles. The van der Waals surface area contributed by atoms with Crippen LogP contribution in [0.5, 0.6) is 11.5 Å². The summed E-state index contributed by atoms with van der Waals surface area (Å²) in [6.45, 7) is 3.23. The van der Waals surface area contributed by atoms with Gasteiger partial charge in [0.15, 0.2) is 11.5 Å². The number of unbranched alkanes of at least 4 members (excludes halogenated alkanes) is 1. The van der Waals surface area contributed by atoms with Gasteiger partial charge in [-0.05, 0) is 67.1 Å². The second-order valence-electron chi connectivity index (χ2n) is 9.59. The predicted molar refractivity (Wildman–Crippen MR) is 146 cm³/mol. The molecule has 0 saturated carbocycles. The molecule has 7 heteroatoms. The second kappa shape index (κ2) is 10.1. The van der Waals surface area contributed by atoms with Gasteiger partial charge >= 0.3 is 0 Å². The first-order chi connectivity index (χ1) is 18.1. The number of benzene rings is 3. The highest BCUT2D eigenvalue weighted by Gasteiger charge is 2.24. The third-order valence-corrected chi connectivity index (χ3v) is 8.94. The molecule has 0 amide bonds. The molecule has 0 spiro atoms. The fraction of sp³-hybridized carbons (Fsp3) is 0.267. The van der Waals surface area contributed by atoms with Crippen LogP contribution >= 0.6 is 0 Å². The quantitative estimate of drug-likeness (QED) is 0.282. The number of rotatable bonds is 8. The molecule has 0 atom stereocenters. The van der Waals surface area contributed by atoms with Crippen LogP contribution in [0.2, 0.25) is 0 Å². The molecule has 0 radical (unpaired) electrons. The highest BCUT2D eigenvalue weighted by atomic mass is 32.2. The topological polar surface area (TPSA) is 60.8 Å². The van der Waals surface area contributed by atoms with Gasteiger partial charge in [0.2, 0.25) is 6.79 Å². The van der Waals surface area contributed by atoms with Crippen LogP contribution in [0.15, 0.2) is 90.0 Å². The Morgan fingerprint density at radius 3 is 2.32 bits per heavy atom. The summed E-state index contributed by atoms with van der Waals surface area (Å²) >= 11 is 0. The lowest BCUT2D eigenvalue weighted by molar-refractivity contribution is 0.174. The van der Waals surface area contributed by atoms with Gasteiger partial charge < -0.3 is 9.47 Å². The zero-order valence-electron chi connectivity index (χ0n) is 20.7. The first-order valence-corrected chi connectivity index (χ1v) is 14.2. The summed E-state index contributed by atoms with van der Waals surface area (Å²) in [5, 5.41) is 0.900. The van der Waals surface area contributed by atoms with Crippen LogP contribution in [0.4, 0.5) is 0 Å². The van der Waals surface area contributed by atoms with E-state index in [2.05, 4.69) is 41.3 Å². The molecule has 0 bridgehead atoms. The van der Waals surface area contributed by atoms with Crippen LogP contribution in [0.1, 0.15) is 30.4 Å². The molecule has 3 aromatic carbocycles. The maximum Gasteiger partial charge on any atom is 0.268 e. The predicted octanol–water partition coefficient (Wildman–Crippen LogP) is 5.72. The van der Waals surface area contributed by atoms with Crippen molar-refractivity contribution in [2.24, 2.45) is 0 Å². The molecule has 6 rings (SSSR count). The Morgan fingerprint density at radius 2 is 1.59 bits per heavy atom. The van der Waals surface area contributed by atoms with Crippen molar-refractivity contribution in [1.29, 1.82) is 0 Å². The monoisotopic (exact) mass is 514 g/mol. The number of hydrogen-bond acceptors (Lipinski definition) is 5. The molecule has 6 nitrogen and oxygen atoms in total. The van der Waals surface area contributed by atoms with E-state index in [0.717, 1.165) is 56.3 Å². The molecular formula is C30H30N2O4S. The van der Waals surface area contributed by atoms with Crippen molar-refractivity contribution in [2.75, 3.05) is 26.4 Å². The van der Waals surface area contributed by atoms with Crippen molar-refractivity contribution in [3.63, 3.8) is 0 Å². The van der Waals surface area contributed by atoms with Crippen molar-refractivity contribution in [2.45, 2.75) is 30.6 Å². The molecule has 2 aliphatic rings. The minimum atomic E-state index is -3.73. The van der Waals surface area contributed by atoms with E-state index < -0.39 is 10.0 Å². The molecule has 0 unspecified atom stereocenters. The minimum Gasteiger partial charge on any atom is -0.454 e. The van der Waals surface area contributed by atoms with Crippen molar-refractivity contribution >= 4 is 26.5 Å². The zero-order chi connectivity index (χ0) is 25.2. The lowest BCUT2D eigenvalue weighted by atomic mass is 9.99. The van der Waals surface area contributed by atoms with E-state index in [1.165, 1.54) is 15.1 Å². The molecule has 0 fully saturated rings. The standard InChI is InChI=1S/C30H30N2O4S/c33-37(34,26-12-5-2-6-13-26)32-21-25(27-19-29-30(20-28(27)32)36-22-35-29)11-7-8-16-31-17-14-24(15-18-31)23-9-3-1-4-10-23/h1-6,9-10,12-14,19-21H,7-8,11,15-18,22H2. The van der Waals surface area contributed by atoms with Crippen LogP contribution in [0.3, 0.4) is 0 Å². The summed E-state index contributed by atoms with van der Waals surface area (Å²) in [5.41, 5.74) is 4.39. The van der Waals surface area contributed by atoms with Crippen molar-refractivity contribution in [3.05, 3.63) is 96.2 Å². The second-order valence-corrected chi connectivity index (χ2v) is 11.4. The first kappa shape index (κ1) is 23.8. The van der Waals surface area contributed by atoms with Crippen molar-refractivity contribution < 1.29 is 17.9 Å². The van der Waals surface area contributed by atoms with Crippen molar-refractivity contribution in [3.8, 4) is 11.5 Å². The smallest absolute Gasteiger partial charge is 0.268 e. The summed E-state index contributed by atoms with van der Waals surface area (Å²) in [4.78, 5) is 2.76. The molecule has 4 aromatic rings. The average molecular weight is 515 g/mol. The van der Waals surface area contributed by atoms with E-state index in [4.69, 9.17) is 9.47 Å². The van der Waals surface area contributed by atoms with Crippen LogP contribution < -0.4 is 9.47 Å². The van der Waals surface area contributed by atoms with E-state index in [1.54, 1.807) is 36.5 Å². The maximum absolute atomic E-state index is 13.5. The van der Waals surface area contributed by atoms with Gasteiger partial charge in [-0.3, -0.25) is 4.90 Å². The largest absolute Gasteiger partial charge is 0.454 e. The third-order valence-electron chi connectivity index (χ3n) is 7.26. The van der Waals surface area contributed by atoms with Gasteiger partial charge in [-0.15, -0.1) is 0 Å². The fourth-order valence-corrected chi connectivity index (χ4v) is 6.64. The van der Waals surface area contributed by atoms with Crippen LogP contribution in [0.25, 0.3) is 16.5 Å². The number of ether oxygens (including phenoxy) is 2. The summed E-state index contributed by atoms with van der Waals surface area (Å²) in [6, 6.07) is 22.9. The Kier molecular flexibility index (Phi) is 6.49. The zero-order valence-corrected chi connectivity index (χ0v) is 21.5. The maximum atomic E-state index is 13.5. The summed E-state index contributed by atoms with van der Waals surface area (Å²) < 4.78 is 39.6. The first-order valence-electron chi connectivity index (χ1n) is 12.8. The number of hydrogen-bond donors (Lipinski definition) is 0. The minimum absolute atomic E-state index is 0.152. The Morgan fingerprint density at radius 1 is 0.865 bits per heavy atom. The summed E-state index contributed by atoms with van der Waals surface area (Å²) in [7, 11) is -3.73. The van der Waals surface area contributed by atoms with Crippen LogP contribution in [0, 0.1) is 0 Å².